The second-order valence-electron chi connectivity index (χ2n) is 6.73. The quantitative estimate of drug-likeness (QED) is 0.558. The molecule has 1 aliphatic carbocycles. The monoisotopic (exact) mass is 413 g/mol. The van der Waals surface area contributed by atoms with E-state index in [0.717, 1.165) is 12.8 Å². The van der Waals surface area contributed by atoms with Gasteiger partial charge >= 0.3 is 0 Å². The van der Waals surface area contributed by atoms with Crippen LogP contribution in [0.1, 0.15) is 37.9 Å². The molecule has 1 saturated carbocycles. The summed E-state index contributed by atoms with van der Waals surface area (Å²) in [5.41, 5.74) is -0.599. The van der Waals surface area contributed by atoms with Gasteiger partial charge in [0.1, 0.15) is 6.33 Å². The smallest absolute Gasteiger partial charge is 0.273 e. The first-order valence-electron chi connectivity index (χ1n) is 10.5. The molecule has 2 aromatic heterocycles. The number of hydrogen-bond acceptors (Lipinski definition) is 7. The zero-order valence-corrected chi connectivity index (χ0v) is 15.8. The molecule has 0 radical (unpaired) electrons. The summed E-state index contributed by atoms with van der Waals surface area (Å²) in [7, 11) is 1.64. The summed E-state index contributed by atoms with van der Waals surface area (Å²) in [5.74, 6) is -2.15. The molecule has 0 saturated heterocycles. The number of aryl methyl sites for hydroxylation is 1. The van der Waals surface area contributed by atoms with Crippen LogP contribution in [0, 0.1) is 5.82 Å². The maximum Gasteiger partial charge on any atom is 0.273 e. The Bertz CT molecular complexity index is 1230. The summed E-state index contributed by atoms with van der Waals surface area (Å²) in [6, 6.07) is 5.70. The lowest BCUT2D eigenvalue weighted by Gasteiger charge is -2.13. The van der Waals surface area contributed by atoms with Crippen LogP contribution in [-0.2, 0) is 7.05 Å². The van der Waals surface area contributed by atoms with Crippen molar-refractivity contribution >= 4 is 23.2 Å². The lowest BCUT2D eigenvalue weighted by atomic mass is 10.1. The van der Waals surface area contributed by atoms with Gasteiger partial charge in [0.25, 0.3) is 11.8 Å². The van der Waals surface area contributed by atoms with Crippen molar-refractivity contribution in [2.24, 2.45) is 7.05 Å². The lowest BCUT2D eigenvalue weighted by molar-refractivity contribution is 0.0935. The van der Waals surface area contributed by atoms with E-state index in [-0.39, 0.29) is 34.5 Å². The van der Waals surface area contributed by atoms with E-state index in [2.05, 4.69) is 30.9 Å². The van der Waals surface area contributed by atoms with Crippen molar-refractivity contribution in [2.45, 2.75) is 18.9 Å². The Morgan fingerprint density at radius 2 is 2.07 bits per heavy atom. The molecule has 1 fully saturated rings. The number of carbonyl (C=O) groups excluding carboxylic acids is 2. The van der Waals surface area contributed by atoms with Gasteiger partial charge in [-0.15, -0.1) is 10.2 Å². The number of nitrogens with zero attached hydrogens (tertiary/aromatic N) is 5. The average Bonchev–Trinajstić information content (AvgIpc) is 3.45. The summed E-state index contributed by atoms with van der Waals surface area (Å²) in [5, 5.41) is 18.8. The Hall–Kier alpha value is -3.89. The predicted molar refractivity (Wildman–Crippen MR) is 106 cm³/mol. The third-order valence-corrected chi connectivity index (χ3v) is 4.38. The zero-order chi connectivity index (χ0) is 23.8. The number of nitrogens with one attached hydrogen (secondary N) is 3. The molecule has 0 atom stereocenters. The van der Waals surface area contributed by atoms with Crippen molar-refractivity contribution in [1.82, 2.24) is 35.6 Å². The van der Waals surface area contributed by atoms with Gasteiger partial charge in [-0.1, -0.05) is 6.07 Å². The molecule has 1 aromatic carbocycles. The molecular formula is C19H19FN8O2. The second kappa shape index (κ2) is 7.85. The molecule has 0 spiro atoms. The predicted octanol–water partition coefficient (Wildman–Crippen LogP) is 1.41. The van der Waals surface area contributed by atoms with E-state index in [0.29, 0.717) is 0 Å². The number of carbonyl (C=O) groups is 2. The molecule has 0 aliphatic heterocycles. The SMILES string of the molecule is [2H]C([2H])([2H])NC(=O)c1nnc(C(=O)NC2CC2)cc1Nc1cccc(-c2ncn(C)n2)c1F. The summed E-state index contributed by atoms with van der Waals surface area (Å²) >= 11 is 0. The molecule has 3 aromatic rings. The molecule has 0 bridgehead atoms. The fourth-order valence-corrected chi connectivity index (χ4v) is 2.72. The summed E-state index contributed by atoms with van der Waals surface area (Å²) in [6.45, 7) is -2.78. The number of amides is 2. The fourth-order valence-electron chi connectivity index (χ4n) is 2.72. The Kier molecular flexibility index (Phi) is 4.18. The molecule has 11 heteroatoms. The van der Waals surface area contributed by atoms with Crippen molar-refractivity contribution < 1.29 is 18.1 Å². The van der Waals surface area contributed by atoms with E-state index in [4.69, 9.17) is 4.11 Å². The van der Waals surface area contributed by atoms with Gasteiger partial charge in [-0.25, -0.2) is 9.37 Å². The molecule has 1 aliphatic rings. The molecule has 2 heterocycles. The van der Waals surface area contributed by atoms with Gasteiger partial charge in [-0.05, 0) is 31.0 Å². The van der Waals surface area contributed by atoms with Crippen molar-refractivity contribution in [3.8, 4) is 11.4 Å². The Labute approximate surface area is 175 Å². The van der Waals surface area contributed by atoms with E-state index in [1.807, 2.05) is 5.32 Å². The summed E-state index contributed by atoms with van der Waals surface area (Å²) in [4.78, 5) is 28.9. The molecule has 10 nitrogen and oxygen atoms in total. The van der Waals surface area contributed by atoms with Gasteiger partial charge in [-0.2, -0.15) is 5.10 Å². The molecule has 4 rings (SSSR count). The van der Waals surface area contributed by atoms with Crippen molar-refractivity contribution in [3.05, 3.63) is 47.8 Å². The first-order valence-corrected chi connectivity index (χ1v) is 9.03. The second-order valence-corrected chi connectivity index (χ2v) is 6.73. The van der Waals surface area contributed by atoms with E-state index in [1.165, 1.54) is 29.2 Å². The first kappa shape index (κ1) is 16.0. The number of anilines is 2. The van der Waals surface area contributed by atoms with Crippen LogP contribution in [0.25, 0.3) is 11.4 Å². The Morgan fingerprint density at radius 3 is 2.77 bits per heavy atom. The highest BCUT2D eigenvalue weighted by atomic mass is 19.1. The first-order chi connectivity index (χ1) is 15.6. The minimum atomic E-state index is -2.78. The van der Waals surface area contributed by atoms with Crippen LogP contribution < -0.4 is 16.0 Å². The minimum Gasteiger partial charge on any atom is -0.354 e. The largest absolute Gasteiger partial charge is 0.354 e. The van der Waals surface area contributed by atoms with Gasteiger partial charge in [0.15, 0.2) is 23.0 Å². The van der Waals surface area contributed by atoms with E-state index >= 15 is 4.39 Å². The van der Waals surface area contributed by atoms with Crippen LogP contribution in [0.15, 0.2) is 30.6 Å². The van der Waals surface area contributed by atoms with Crippen molar-refractivity contribution in [2.75, 3.05) is 12.3 Å². The van der Waals surface area contributed by atoms with Gasteiger partial charge in [0.2, 0.25) is 0 Å². The van der Waals surface area contributed by atoms with Crippen LogP contribution >= 0.6 is 0 Å². The lowest BCUT2D eigenvalue weighted by Crippen LogP contribution is -2.28. The highest BCUT2D eigenvalue weighted by molar-refractivity contribution is 6.00. The fraction of sp³-hybridized carbons (Fsp3) is 0.263. The maximum atomic E-state index is 15.2. The molecule has 0 unspecified atom stereocenters. The number of benzene rings is 1. The van der Waals surface area contributed by atoms with Crippen molar-refractivity contribution in [1.29, 1.82) is 0 Å². The Morgan fingerprint density at radius 1 is 1.23 bits per heavy atom. The van der Waals surface area contributed by atoms with E-state index in [1.54, 1.807) is 13.1 Å². The van der Waals surface area contributed by atoms with Crippen LogP contribution in [0.5, 0.6) is 0 Å². The molecular weight excluding hydrogens is 391 g/mol. The van der Waals surface area contributed by atoms with Crippen molar-refractivity contribution in [3.63, 3.8) is 0 Å². The highest BCUT2D eigenvalue weighted by Gasteiger charge is 2.26. The standard InChI is InChI=1S/C19H19FN8O2/c1-21-19(30)16-13(8-14(25-26-16)18(29)23-10-6-7-10)24-12-5-3-4-11(15(12)20)17-22-9-28(2)27-17/h3-5,8-10H,6-7H2,1-2H3,(H,21,30)(H,23,29)(H,24,25)/i1D3. The molecule has 3 N–H and O–H groups in total. The number of rotatable bonds is 6. The van der Waals surface area contributed by atoms with Gasteiger partial charge < -0.3 is 16.0 Å². The topological polar surface area (TPSA) is 127 Å². The average molecular weight is 413 g/mol. The minimum absolute atomic E-state index is 0.0502. The van der Waals surface area contributed by atoms with Crippen LogP contribution in [0.3, 0.4) is 0 Å². The summed E-state index contributed by atoms with van der Waals surface area (Å²) in [6.07, 6.45) is 3.12. The molecule has 2 amide bonds. The number of hydrogen-bond donors (Lipinski definition) is 3. The van der Waals surface area contributed by atoms with Gasteiger partial charge in [0.05, 0.1) is 16.9 Å². The maximum absolute atomic E-state index is 15.2. The van der Waals surface area contributed by atoms with Gasteiger partial charge in [-0.3, -0.25) is 14.3 Å². The number of halogens is 1. The van der Waals surface area contributed by atoms with Crippen LogP contribution in [-0.4, -0.2) is 49.8 Å². The molecule has 154 valence electrons. The van der Waals surface area contributed by atoms with Crippen LogP contribution in [0.2, 0.25) is 0 Å². The van der Waals surface area contributed by atoms with Gasteiger partial charge in [0, 0.05) is 24.2 Å². The third-order valence-electron chi connectivity index (χ3n) is 4.38. The van der Waals surface area contributed by atoms with Crippen LogP contribution in [0.4, 0.5) is 15.8 Å². The third kappa shape index (κ3) is 3.95. The highest BCUT2D eigenvalue weighted by Crippen LogP contribution is 2.29. The normalized spacial score (nSPS) is 14.9. The number of aromatic nitrogens is 5. The summed E-state index contributed by atoms with van der Waals surface area (Å²) < 4.78 is 38.4. The van der Waals surface area contributed by atoms with E-state index in [9.17, 15) is 9.59 Å². The van der Waals surface area contributed by atoms with E-state index < -0.39 is 30.3 Å². The zero-order valence-electron chi connectivity index (χ0n) is 18.8. The Balaban J connectivity index is 1.71. The molecule has 30 heavy (non-hydrogen) atoms.